The zero-order valence-corrected chi connectivity index (χ0v) is 18.5. The quantitative estimate of drug-likeness (QED) is 0.395. The molecule has 1 amide bonds. The average Bonchev–Trinajstić information content (AvgIpc) is 3.13. The predicted molar refractivity (Wildman–Crippen MR) is 122 cm³/mol. The summed E-state index contributed by atoms with van der Waals surface area (Å²) >= 11 is 0. The van der Waals surface area contributed by atoms with Crippen molar-refractivity contribution in [3.8, 4) is 5.75 Å². The summed E-state index contributed by atoms with van der Waals surface area (Å²) in [4.78, 5) is 12.8. The Morgan fingerprint density at radius 3 is 2.50 bits per heavy atom. The van der Waals surface area contributed by atoms with E-state index in [0.29, 0.717) is 23.6 Å². The number of benzene rings is 3. The highest BCUT2D eigenvalue weighted by Crippen LogP contribution is 2.36. The third-order valence-electron chi connectivity index (χ3n) is 5.33. The van der Waals surface area contributed by atoms with E-state index >= 15 is 0 Å². The van der Waals surface area contributed by atoms with Gasteiger partial charge >= 0.3 is 0 Å². The number of hydrogen-bond donors (Lipinski definition) is 3. The maximum Gasteiger partial charge on any atom is 0.282 e. The number of carbonyl (C=O) groups excluding carboxylic acids is 1. The first-order chi connectivity index (χ1) is 15.3. The van der Waals surface area contributed by atoms with Crippen molar-refractivity contribution in [2.45, 2.75) is 24.4 Å². The van der Waals surface area contributed by atoms with Gasteiger partial charge in [0, 0.05) is 22.4 Å². The molecule has 1 atom stereocenters. The van der Waals surface area contributed by atoms with Crippen LogP contribution in [0.5, 0.6) is 5.75 Å². The number of fused-ring (bicyclic) bond motifs is 3. The maximum absolute atomic E-state index is 12.8. The first-order valence-corrected chi connectivity index (χ1v) is 11.6. The number of sulfonamides is 1. The van der Waals surface area contributed by atoms with E-state index in [1.807, 2.05) is 35.6 Å². The fraction of sp³-hybridized carbons (Fsp3) is 0.174. The van der Waals surface area contributed by atoms with E-state index in [9.17, 15) is 13.2 Å². The molecular weight excluding hydrogens is 430 g/mol. The number of amides is 1. The Balaban J connectivity index is 1.47. The Hall–Kier alpha value is -3.40. The van der Waals surface area contributed by atoms with Gasteiger partial charge in [-0.25, -0.2) is 13.6 Å². The molecule has 0 saturated carbocycles. The molecule has 0 aliphatic heterocycles. The number of para-hydroxylation sites is 1. The van der Waals surface area contributed by atoms with Crippen LogP contribution in [0.1, 0.15) is 12.5 Å². The van der Waals surface area contributed by atoms with Gasteiger partial charge in [0.25, 0.3) is 5.91 Å². The van der Waals surface area contributed by atoms with Crippen molar-refractivity contribution in [3.63, 3.8) is 0 Å². The number of nitrogens with two attached hydrogens (primary N) is 2. The molecule has 5 N–H and O–H groups in total. The molecule has 0 aliphatic carbocycles. The molecule has 32 heavy (non-hydrogen) atoms. The molecule has 0 radical (unpaired) electrons. The van der Waals surface area contributed by atoms with Gasteiger partial charge in [-0.15, -0.1) is 0 Å². The van der Waals surface area contributed by atoms with Crippen molar-refractivity contribution in [3.05, 3.63) is 66.2 Å². The second-order valence-corrected chi connectivity index (χ2v) is 9.12. The standard InChI is InChI=1S/C23H23N3O5S/c1-14(25-13-15-7-9-16(10-8-15)32(24,28)29)23(27)26-19-12-21-18(11-22(19)30-2)17-5-3-4-6-20(17)31-21/h3-12,14,25H,13H2,1-2H3,(H,26,27)(H2,24,28,29)/p+1/t14-/m0/s1. The Morgan fingerprint density at radius 1 is 1.09 bits per heavy atom. The van der Waals surface area contributed by atoms with Crippen molar-refractivity contribution < 1.29 is 27.7 Å². The number of nitrogens with one attached hydrogen (secondary N) is 1. The molecule has 0 bridgehead atoms. The summed E-state index contributed by atoms with van der Waals surface area (Å²) in [6.45, 7) is 2.29. The number of rotatable bonds is 7. The number of furan rings is 1. The Bertz CT molecular complexity index is 1390. The van der Waals surface area contributed by atoms with Crippen LogP contribution in [0.4, 0.5) is 5.69 Å². The molecule has 1 heterocycles. The molecule has 0 fully saturated rings. The highest BCUT2D eigenvalue weighted by Gasteiger charge is 2.20. The van der Waals surface area contributed by atoms with E-state index in [2.05, 4.69) is 5.32 Å². The molecule has 4 rings (SSSR count). The van der Waals surface area contributed by atoms with Gasteiger partial charge < -0.3 is 19.8 Å². The van der Waals surface area contributed by atoms with Crippen LogP contribution in [-0.2, 0) is 21.4 Å². The van der Waals surface area contributed by atoms with Gasteiger partial charge in [0.05, 0.1) is 17.7 Å². The van der Waals surface area contributed by atoms with Crippen molar-refractivity contribution in [1.82, 2.24) is 0 Å². The first-order valence-electron chi connectivity index (χ1n) is 10.0. The fourth-order valence-electron chi connectivity index (χ4n) is 3.50. The van der Waals surface area contributed by atoms with Crippen LogP contribution < -0.4 is 20.5 Å². The number of methoxy groups -OCH3 is 1. The van der Waals surface area contributed by atoms with Crippen LogP contribution >= 0.6 is 0 Å². The molecule has 1 aromatic heterocycles. The zero-order valence-electron chi connectivity index (χ0n) is 17.7. The number of carbonyl (C=O) groups is 1. The summed E-state index contributed by atoms with van der Waals surface area (Å²) in [6, 6.07) is 17.2. The van der Waals surface area contributed by atoms with Crippen LogP contribution in [0.15, 0.2) is 70.0 Å². The Morgan fingerprint density at radius 2 is 1.81 bits per heavy atom. The summed E-state index contributed by atoms with van der Waals surface area (Å²) in [5.41, 5.74) is 2.83. The molecule has 0 saturated heterocycles. The average molecular weight is 455 g/mol. The number of ether oxygens (including phenoxy) is 1. The predicted octanol–water partition coefficient (Wildman–Crippen LogP) is 2.33. The van der Waals surface area contributed by atoms with Crippen LogP contribution in [0.3, 0.4) is 0 Å². The number of hydrogen-bond acceptors (Lipinski definition) is 5. The Labute approximate surface area is 185 Å². The minimum absolute atomic E-state index is 0.0557. The minimum Gasteiger partial charge on any atom is -0.495 e. The number of quaternary nitrogens is 1. The smallest absolute Gasteiger partial charge is 0.282 e. The van der Waals surface area contributed by atoms with Gasteiger partial charge in [0.1, 0.15) is 23.5 Å². The molecule has 4 aromatic rings. The largest absolute Gasteiger partial charge is 0.495 e. The maximum atomic E-state index is 12.8. The lowest BCUT2D eigenvalue weighted by molar-refractivity contribution is -0.688. The minimum atomic E-state index is -3.72. The molecule has 166 valence electrons. The summed E-state index contributed by atoms with van der Waals surface area (Å²) in [7, 11) is -2.17. The normalized spacial score (nSPS) is 12.7. The van der Waals surface area contributed by atoms with E-state index < -0.39 is 16.1 Å². The van der Waals surface area contributed by atoms with Gasteiger partial charge in [-0.2, -0.15) is 0 Å². The highest BCUT2D eigenvalue weighted by molar-refractivity contribution is 7.89. The monoisotopic (exact) mass is 454 g/mol. The zero-order chi connectivity index (χ0) is 22.9. The van der Waals surface area contributed by atoms with Gasteiger partial charge in [0.15, 0.2) is 6.04 Å². The molecule has 0 spiro atoms. The molecule has 8 nitrogen and oxygen atoms in total. The molecule has 9 heteroatoms. The molecule has 0 aliphatic rings. The SMILES string of the molecule is COc1cc2c(cc1NC(=O)[C@H](C)[NH2+]Cc1ccc(S(N)(=O)=O)cc1)oc1ccccc12. The van der Waals surface area contributed by atoms with Crippen molar-refractivity contribution in [1.29, 1.82) is 0 Å². The summed E-state index contributed by atoms with van der Waals surface area (Å²) in [5, 5.41) is 11.8. The Kier molecular flexibility index (Phi) is 5.88. The van der Waals surface area contributed by atoms with E-state index in [0.717, 1.165) is 21.9 Å². The number of anilines is 1. The molecule has 0 unspecified atom stereocenters. The third-order valence-corrected chi connectivity index (χ3v) is 6.26. The van der Waals surface area contributed by atoms with Crippen molar-refractivity contribution in [2.75, 3.05) is 12.4 Å². The first kappa shape index (κ1) is 21.8. The lowest BCUT2D eigenvalue weighted by Crippen LogP contribution is -2.90. The van der Waals surface area contributed by atoms with Crippen LogP contribution in [0.25, 0.3) is 21.9 Å². The van der Waals surface area contributed by atoms with Crippen molar-refractivity contribution in [2.24, 2.45) is 5.14 Å². The third kappa shape index (κ3) is 4.45. The second kappa shape index (κ2) is 8.62. The van der Waals surface area contributed by atoms with E-state index in [1.165, 1.54) is 12.1 Å². The van der Waals surface area contributed by atoms with Gasteiger partial charge in [-0.05, 0) is 31.2 Å². The van der Waals surface area contributed by atoms with Gasteiger partial charge in [-0.3, -0.25) is 4.79 Å². The topological polar surface area (TPSA) is 128 Å². The van der Waals surface area contributed by atoms with Crippen molar-refractivity contribution >= 4 is 43.6 Å². The summed E-state index contributed by atoms with van der Waals surface area (Å²) < 4.78 is 34.1. The van der Waals surface area contributed by atoms with Crippen LogP contribution in [-0.4, -0.2) is 27.5 Å². The van der Waals surface area contributed by atoms with Gasteiger partial charge in [-0.1, -0.05) is 30.3 Å². The van der Waals surface area contributed by atoms with Crippen LogP contribution in [0, 0.1) is 0 Å². The van der Waals surface area contributed by atoms with E-state index in [1.54, 1.807) is 32.2 Å². The molecule has 3 aromatic carbocycles. The number of primary sulfonamides is 1. The van der Waals surface area contributed by atoms with E-state index in [4.69, 9.17) is 14.3 Å². The van der Waals surface area contributed by atoms with E-state index in [-0.39, 0.29) is 10.8 Å². The fourth-order valence-corrected chi connectivity index (χ4v) is 4.02. The van der Waals surface area contributed by atoms with Gasteiger partial charge in [0.2, 0.25) is 10.0 Å². The summed E-state index contributed by atoms with van der Waals surface area (Å²) in [6.07, 6.45) is 0. The molecular formula is C23H24N3O5S+. The lowest BCUT2D eigenvalue weighted by atomic mass is 10.1. The van der Waals surface area contributed by atoms with Crippen LogP contribution in [0.2, 0.25) is 0 Å². The highest BCUT2D eigenvalue weighted by atomic mass is 32.2. The second-order valence-electron chi connectivity index (χ2n) is 7.55. The summed E-state index contributed by atoms with van der Waals surface area (Å²) in [5.74, 6) is 0.350. The lowest BCUT2D eigenvalue weighted by Gasteiger charge is -2.14.